The zero-order valence-corrected chi connectivity index (χ0v) is 17.6. The molecular weight excluding hydrogens is 430 g/mol. The van der Waals surface area contributed by atoms with E-state index in [0.29, 0.717) is 16.5 Å². The number of benzene rings is 2. The van der Waals surface area contributed by atoms with Gasteiger partial charge in [-0.05, 0) is 48.0 Å². The highest BCUT2D eigenvalue weighted by molar-refractivity contribution is 7.99. The SMILES string of the molecule is O=C(CSCc1ccccc1Cl)Nc1ccc(S(=O)(=O)Nc2ccccn2)cc1. The molecule has 3 rings (SSSR count). The number of rotatable bonds is 8. The quantitative estimate of drug-likeness (QED) is 0.534. The summed E-state index contributed by atoms with van der Waals surface area (Å²) in [7, 11) is -3.75. The van der Waals surface area contributed by atoms with Gasteiger partial charge in [0.2, 0.25) is 5.91 Å². The number of halogens is 1. The maximum atomic E-state index is 12.4. The number of carbonyl (C=O) groups is 1. The number of sulfonamides is 1. The van der Waals surface area contributed by atoms with Crippen LogP contribution in [0.15, 0.2) is 77.8 Å². The van der Waals surface area contributed by atoms with Crippen molar-refractivity contribution in [1.82, 2.24) is 4.98 Å². The molecule has 0 saturated carbocycles. The summed E-state index contributed by atoms with van der Waals surface area (Å²) in [6, 6.07) is 18.4. The number of nitrogens with zero attached hydrogens (tertiary/aromatic N) is 1. The van der Waals surface area contributed by atoms with Crippen LogP contribution in [-0.4, -0.2) is 25.1 Å². The van der Waals surface area contributed by atoms with Gasteiger partial charge >= 0.3 is 0 Å². The van der Waals surface area contributed by atoms with E-state index < -0.39 is 10.0 Å². The minimum atomic E-state index is -3.75. The highest BCUT2D eigenvalue weighted by atomic mass is 35.5. The Morgan fingerprint density at radius 2 is 1.72 bits per heavy atom. The lowest BCUT2D eigenvalue weighted by molar-refractivity contribution is -0.113. The van der Waals surface area contributed by atoms with Crippen LogP contribution in [0, 0.1) is 0 Å². The average molecular weight is 448 g/mol. The summed E-state index contributed by atoms with van der Waals surface area (Å²) in [6.07, 6.45) is 1.50. The molecule has 0 fully saturated rings. The predicted octanol–water partition coefficient (Wildman–Crippen LogP) is 4.41. The van der Waals surface area contributed by atoms with Gasteiger partial charge in [-0.25, -0.2) is 13.4 Å². The van der Waals surface area contributed by atoms with E-state index in [2.05, 4.69) is 15.0 Å². The van der Waals surface area contributed by atoms with Crippen LogP contribution >= 0.6 is 23.4 Å². The van der Waals surface area contributed by atoms with Crippen molar-refractivity contribution in [3.63, 3.8) is 0 Å². The highest BCUT2D eigenvalue weighted by Gasteiger charge is 2.15. The minimum Gasteiger partial charge on any atom is -0.325 e. The fraction of sp³-hybridized carbons (Fsp3) is 0.100. The second kappa shape index (κ2) is 9.78. The summed E-state index contributed by atoms with van der Waals surface area (Å²) in [5.41, 5.74) is 1.49. The van der Waals surface area contributed by atoms with Crippen molar-refractivity contribution in [2.75, 3.05) is 15.8 Å². The normalized spacial score (nSPS) is 11.1. The summed E-state index contributed by atoms with van der Waals surface area (Å²) < 4.78 is 27.2. The first-order valence-corrected chi connectivity index (χ1v) is 11.6. The number of aromatic nitrogens is 1. The Labute approximate surface area is 178 Å². The summed E-state index contributed by atoms with van der Waals surface area (Å²) >= 11 is 7.55. The zero-order chi connectivity index (χ0) is 20.7. The van der Waals surface area contributed by atoms with Crippen LogP contribution in [0.5, 0.6) is 0 Å². The molecule has 9 heteroatoms. The van der Waals surface area contributed by atoms with Crippen LogP contribution in [0.1, 0.15) is 5.56 Å². The monoisotopic (exact) mass is 447 g/mol. The third-order valence-electron chi connectivity index (χ3n) is 3.80. The Morgan fingerprint density at radius 1 is 1.00 bits per heavy atom. The van der Waals surface area contributed by atoms with Gasteiger partial charge in [0.15, 0.2) is 0 Å². The van der Waals surface area contributed by atoms with E-state index >= 15 is 0 Å². The molecule has 150 valence electrons. The topological polar surface area (TPSA) is 88.2 Å². The number of pyridine rings is 1. The Morgan fingerprint density at radius 3 is 2.41 bits per heavy atom. The van der Waals surface area contributed by atoms with E-state index in [4.69, 9.17) is 11.6 Å². The van der Waals surface area contributed by atoms with Crippen LogP contribution in [0.4, 0.5) is 11.5 Å². The Balaban J connectivity index is 1.53. The van der Waals surface area contributed by atoms with Crippen molar-refractivity contribution in [2.45, 2.75) is 10.6 Å². The summed E-state index contributed by atoms with van der Waals surface area (Å²) in [5, 5.41) is 3.43. The van der Waals surface area contributed by atoms with Gasteiger partial charge < -0.3 is 5.32 Å². The smallest absolute Gasteiger partial charge is 0.263 e. The number of hydrogen-bond acceptors (Lipinski definition) is 5. The molecule has 0 saturated heterocycles. The van der Waals surface area contributed by atoms with E-state index in [-0.39, 0.29) is 22.4 Å². The number of thioether (sulfide) groups is 1. The van der Waals surface area contributed by atoms with Gasteiger partial charge in [-0.15, -0.1) is 11.8 Å². The molecule has 1 heterocycles. The van der Waals surface area contributed by atoms with Crippen LogP contribution in [0.25, 0.3) is 0 Å². The molecular formula is C20H18ClN3O3S2. The van der Waals surface area contributed by atoms with Crippen molar-refractivity contribution in [1.29, 1.82) is 0 Å². The van der Waals surface area contributed by atoms with Crippen molar-refractivity contribution in [2.24, 2.45) is 0 Å². The molecule has 0 unspecified atom stereocenters. The van der Waals surface area contributed by atoms with Gasteiger partial charge in [0.25, 0.3) is 10.0 Å². The lowest BCUT2D eigenvalue weighted by atomic mass is 10.2. The van der Waals surface area contributed by atoms with Gasteiger partial charge in [-0.3, -0.25) is 9.52 Å². The van der Waals surface area contributed by atoms with E-state index in [1.54, 1.807) is 30.3 Å². The summed E-state index contributed by atoms with van der Waals surface area (Å²) in [4.78, 5) is 16.1. The number of amides is 1. The van der Waals surface area contributed by atoms with E-state index in [1.165, 1.54) is 30.1 Å². The van der Waals surface area contributed by atoms with E-state index in [9.17, 15) is 13.2 Å². The Hall–Kier alpha value is -2.55. The number of anilines is 2. The molecule has 0 spiro atoms. The van der Waals surface area contributed by atoms with Crippen LogP contribution in [-0.2, 0) is 20.6 Å². The number of carbonyl (C=O) groups excluding carboxylic acids is 1. The van der Waals surface area contributed by atoms with Gasteiger partial charge in [0.05, 0.1) is 10.6 Å². The molecule has 6 nitrogen and oxygen atoms in total. The molecule has 0 radical (unpaired) electrons. The fourth-order valence-corrected chi connectivity index (χ4v) is 4.52. The maximum Gasteiger partial charge on any atom is 0.263 e. The fourth-order valence-electron chi connectivity index (χ4n) is 2.40. The Bertz CT molecular complexity index is 1080. The van der Waals surface area contributed by atoms with Crippen molar-refractivity contribution in [3.8, 4) is 0 Å². The molecule has 1 aromatic heterocycles. The van der Waals surface area contributed by atoms with E-state index in [1.807, 2.05) is 24.3 Å². The lowest BCUT2D eigenvalue weighted by Crippen LogP contribution is -2.15. The molecule has 0 aliphatic carbocycles. The maximum absolute atomic E-state index is 12.4. The van der Waals surface area contributed by atoms with Gasteiger partial charge in [-0.2, -0.15) is 0 Å². The van der Waals surface area contributed by atoms with Crippen molar-refractivity contribution in [3.05, 3.63) is 83.5 Å². The second-order valence-corrected chi connectivity index (χ2v) is 9.05. The molecule has 2 aromatic carbocycles. The van der Waals surface area contributed by atoms with Crippen molar-refractivity contribution < 1.29 is 13.2 Å². The minimum absolute atomic E-state index is 0.0780. The largest absolute Gasteiger partial charge is 0.325 e. The predicted molar refractivity (Wildman–Crippen MR) is 118 cm³/mol. The summed E-state index contributed by atoms with van der Waals surface area (Å²) in [5.74, 6) is 0.945. The van der Waals surface area contributed by atoms with Gasteiger partial charge in [0, 0.05) is 22.7 Å². The third kappa shape index (κ3) is 6.22. The third-order valence-corrected chi connectivity index (χ3v) is 6.52. The first-order valence-electron chi connectivity index (χ1n) is 8.59. The summed E-state index contributed by atoms with van der Waals surface area (Å²) in [6.45, 7) is 0. The van der Waals surface area contributed by atoms with Gasteiger partial charge in [-0.1, -0.05) is 35.9 Å². The molecule has 0 atom stereocenters. The van der Waals surface area contributed by atoms with Crippen LogP contribution in [0.2, 0.25) is 5.02 Å². The lowest BCUT2D eigenvalue weighted by Gasteiger charge is -2.09. The highest BCUT2D eigenvalue weighted by Crippen LogP contribution is 2.21. The standard InChI is InChI=1S/C20H18ClN3O3S2/c21-18-6-2-1-5-15(18)13-28-14-20(25)23-16-8-10-17(11-9-16)29(26,27)24-19-7-3-4-12-22-19/h1-12H,13-14H2,(H,22,24)(H,23,25). The molecule has 0 aliphatic rings. The first kappa shape index (κ1) is 21.2. The first-order chi connectivity index (χ1) is 13.9. The molecule has 0 aliphatic heterocycles. The molecule has 2 N–H and O–H groups in total. The van der Waals surface area contributed by atoms with E-state index in [0.717, 1.165) is 5.56 Å². The van der Waals surface area contributed by atoms with Crippen LogP contribution < -0.4 is 10.0 Å². The second-order valence-electron chi connectivity index (χ2n) is 5.98. The Kier molecular flexibility index (Phi) is 7.13. The molecule has 3 aromatic rings. The van der Waals surface area contributed by atoms with Crippen molar-refractivity contribution >= 4 is 50.8 Å². The number of hydrogen-bond donors (Lipinski definition) is 2. The molecule has 0 bridgehead atoms. The average Bonchev–Trinajstić information content (AvgIpc) is 2.70. The number of nitrogens with one attached hydrogen (secondary N) is 2. The van der Waals surface area contributed by atoms with Crippen LogP contribution in [0.3, 0.4) is 0 Å². The zero-order valence-electron chi connectivity index (χ0n) is 15.2. The van der Waals surface area contributed by atoms with Gasteiger partial charge in [0.1, 0.15) is 5.82 Å². The molecule has 29 heavy (non-hydrogen) atoms. The molecule has 1 amide bonds.